The average molecular weight is 190 g/mol. The summed E-state index contributed by atoms with van der Waals surface area (Å²) in [7, 11) is 0. The van der Waals surface area contributed by atoms with Crippen LogP contribution in [0.3, 0.4) is 0 Å². The average Bonchev–Trinajstić information content (AvgIpc) is 2.56. The zero-order valence-electron chi connectivity index (χ0n) is 7.32. The number of thiophene rings is 1. The summed E-state index contributed by atoms with van der Waals surface area (Å²) in [5.41, 5.74) is 8.94. The number of nitrogens with zero attached hydrogens (tertiary/aromatic N) is 1. The molecule has 0 amide bonds. The molecule has 0 saturated carbocycles. The third-order valence-electron chi connectivity index (χ3n) is 1.94. The quantitative estimate of drug-likeness (QED) is 0.751. The standard InChI is InChI=1S/C10H10N2S/c1-7-9(2-3-10(11)12-7)8-4-5-13-6-8/h2-6H,1H3,(H2,11,12). The summed E-state index contributed by atoms with van der Waals surface area (Å²) in [6.07, 6.45) is 0. The maximum absolute atomic E-state index is 5.57. The van der Waals surface area contributed by atoms with Gasteiger partial charge in [0.1, 0.15) is 5.82 Å². The summed E-state index contributed by atoms with van der Waals surface area (Å²) in [4.78, 5) is 4.21. The molecule has 0 bridgehead atoms. The minimum atomic E-state index is 0.580. The molecule has 0 spiro atoms. The van der Waals surface area contributed by atoms with Crippen molar-refractivity contribution in [2.45, 2.75) is 6.92 Å². The topological polar surface area (TPSA) is 38.9 Å². The molecule has 0 aliphatic rings. The molecule has 2 heterocycles. The van der Waals surface area contributed by atoms with Crippen molar-refractivity contribution in [3.8, 4) is 11.1 Å². The van der Waals surface area contributed by atoms with E-state index < -0.39 is 0 Å². The van der Waals surface area contributed by atoms with E-state index in [0.717, 1.165) is 11.3 Å². The van der Waals surface area contributed by atoms with Crippen LogP contribution in [0.2, 0.25) is 0 Å². The van der Waals surface area contributed by atoms with Gasteiger partial charge in [-0.1, -0.05) is 0 Å². The van der Waals surface area contributed by atoms with Crippen LogP contribution in [-0.4, -0.2) is 4.98 Å². The highest BCUT2D eigenvalue weighted by Gasteiger charge is 2.02. The molecule has 0 unspecified atom stereocenters. The first-order valence-electron chi connectivity index (χ1n) is 4.03. The second-order valence-electron chi connectivity index (χ2n) is 2.88. The first kappa shape index (κ1) is 8.26. The van der Waals surface area contributed by atoms with Crippen LogP contribution in [0.4, 0.5) is 5.82 Å². The summed E-state index contributed by atoms with van der Waals surface area (Å²) >= 11 is 1.69. The minimum absolute atomic E-state index is 0.580. The Morgan fingerprint density at radius 2 is 2.15 bits per heavy atom. The van der Waals surface area contributed by atoms with Crippen molar-refractivity contribution in [1.29, 1.82) is 0 Å². The summed E-state index contributed by atoms with van der Waals surface area (Å²) in [6, 6.07) is 5.94. The van der Waals surface area contributed by atoms with E-state index >= 15 is 0 Å². The maximum Gasteiger partial charge on any atom is 0.123 e. The first-order chi connectivity index (χ1) is 6.27. The Kier molecular flexibility index (Phi) is 2.02. The fourth-order valence-corrected chi connectivity index (χ4v) is 1.96. The largest absolute Gasteiger partial charge is 0.384 e. The lowest BCUT2D eigenvalue weighted by atomic mass is 10.1. The van der Waals surface area contributed by atoms with Gasteiger partial charge < -0.3 is 5.73 Å². The van der Waals surface area contributed by atoms with Crippen molar-refractivity contribution in [3.05, 3.63) is 34.7 Å². The van der Waals surface area contributed by atoms with Crippen LogP contribution >= 0.6 is 11.3 Å². The number of hydrogen-bond acceptors (Lipinski definition) is 3. The zero-order chi connectivity index (χ0) is 9.26. The SMILES string of the molecule is Cc1nc(N)ccc1-c1ccsc1. The lowest BCUT2D eigenvalue weighted by Gasteiger charge is -2.02. The van der Waals surface area contributed by atoms with Gasteiger partial charge in [0.25, 0.3) is 0 Å². The van der Waals surface area contributed by atoms with Gasteiger partial charge in [-0.05, 0) is 41.4 Å². The van der Waals surface area contributed by atoms with Crippen LogP contribution < -0.4 is 5.73 Å². The van der Waals surface area contributed by atoms with Gasteiger partial charge in [0.2, 0.25) is 0 Å². The molecular weight excluding hydrogens is 180 g/mol. The molecule has 0 aliphatic carbocycles. The zero-order valence-corrected chi connectivity index (χ0v) is 8.14. The highest BCUT2D eigenvalue weighted by Crippen LogP contribution is 2.24. The Hall–Kier alpha value is -1.35. The van der Waals surface area contributed by atoms with Crippen LogP contribution in [0.5, 0.6) is 0 Å². The van der Waals surface area contributed by atoms with Gasteiger partial charge in [-0.15, -0.1) is 0 Å². The Balaban J connectivity index is 2.53. The van der Waals surface area contributed by atoms with Crippen molar-refractivity contribution >= 4 is 17.2 Å². The molecular formula is C10H10N2S. The molecule has 2 aromatic heterocycles. The lowest BCUT2D eigenvalue weighted by Crippen LogP contribution is -1.93. The van der Waals surface area contributed by atoms with E-state index in [0.29, 0.717) is 5.82 Å². The molecule has 13 heavy (non-hydrogen) atoms. The molecule has 2 rings (SSSR count). The Morgan fingerprint density at radius 3 is 2.77 bits per heavy atom. The van der Waals surface area contributed by atoms with Gasteiger partial charge >= 0.3 is 0 Å². The fraction of sp³-hybridized carbons (Fsp3) is 0.100. The molecule has 2 aromatic rings. The third kappa shape index (κ3) is 1.55. The van der Waals surface area contributed by atoms with Crippen LogP contribution in [0.1, 0.15) is 5.69 Å². The molecule has 0 saturated heterocycles. The van der Waals surface area contributed by atoms with E-state index in [-0.39, 0.29) is 0 Å². The summed E-state index contributed by atoms with van der Waals surface area (Å²) in [5, 5.41) is 4.17. The smallest absolute Gasteiger partial charge is 0.123 e. The van der Waals surface area contributed by atoms with Crippen LogP contribution in [0.15, 0.2) is 29.0 Å². The number of rotatable bonds is 1. The fourth-order valence-electron chi connectivity index (χ4n) is 1.30. The van der Waals surface area contributed by atoms with Gasteiger partial charge in [0, 0.05) is 11.3 Å². The Labute approximate surface area is 81.1 Å². The normalized spacial score (nSPS) is 10.2. The number of nitrogen functional groups attached to an aromatic ring is 1. The molecule has 0 radical (unpaired) electrons. The molecule has 0 aromatic carbocycles. The predicted octanol–water partition coefficient (Wildman–Crippen LogP) is 2.70. The molecule has 66 valence electrons. The number of aromatic nitrogens is 1. The van der Waals surface area contributed by atoms with Gasteiger partial charge in [-0.25, -0.2) is 4.98 Å². The Bertz CT molecular complexity index is 407. The van der Waals surface area contributed by atoms with Crippen molar-refractivity contribution < 1.29 is 0 Å². The summed E-state index contributed by atoms with van der Waals surface area (Å²) in [5.74, 6) is 0.580. The van der Waals surface area contributed by atoms with E-state index in [4.69, 9.17) is 5.73 Å². The van der Waals surface area contributed by atoms with E-state index in [9.17, 15) is 0 Å². The number of aryl methyl sites for hydroxylation is 1. The van der Waals surface area contributed by atoms with Crippen molar-refractivity contribution in [2.24, 2.45) is 0 Å². The van der Waals surface area contributed by atoms with Gasteiger partial charge in [0.15, 0.2) is 0 Å². The molecule has 0 aliphatic heterocycles. The highest BCUT2D eigenvalue weighted by molar-refractivity contribution is 7.08. The minimum Gasteiger partial charge on any atom is -0.384 e. The van der Waals surface area contributed by atoms with Gasteiger partial charge in [-0.3, -0.25) is 0 Å². The second-order valence-corrected chi connectivity index (χ2v) is 3.66. The second kappa shape index (κ2) is 3.18. The maximum atomic E-state index is 5.57. The van der Waals surface area contributed by atoms with Crippen LogP contribution in [-0.2, 0) is 0 Å². The van der Waals surface area contributed by atoms with Crippen molar-refractivity contribution in [2.75, 3.05) is 5.73 Å². The van der Waals surface area contributed by atoms with Gasteiger partial charge in [-0.2, -0.15) is 11.3 Å². The third-order valence-corrected chi connectivity index (χ3v) is 2.62. The molecule has 2 nitrogen and oxygen atoms in total. The molecule has 3 heteroatoms. The number of hydrogen-bond donors (Lipinski definition) is 1. The lowest BCUT2D eigenvalue weighted by molar-refractivity contribution is 1.21. The van der Waals surface area contributed by atoms with Crippen molar-refractivity contribution in [3.63, 3.8) is 0 Å². The number of anilines is 1. The monoisotopic (exact) mass is 190 g/mol. The first-order valence-corrected chi connectivity index (χ1v) is 4.97. The number of pyridine rings is 1. The predicted molar refractivity (Wildman–Crippen MR) is 56.7 cm³/mol. The van der Waals surface area contributed by atoms with Crippen LogP contribution in [0, 0.1) is 6.92 Å². The molecule has 2 N–H and O–H groups in total. The van der Waals surface area contributed by atoms with Crippen LogP contribution in [0.25, 0.3) is 11.1 Å². The molecule has 0 atom stereocenters. The van der Waals surface area contributed by atoms with Gasteiger partial charge in [0.05, 0.1) is 0 Å². The van der Waals surface area contributed by atoms with E-state index in [1.807, 2.05) is 19.1 Å². The summed E-state index contributed by atoms with van der Waals surface area (Å²) in [6.45, 7) is 1.98. The van der Waals surface area contributed by atoms with E-state index in [1.165, 1.54) is 5.56 Å². The van der Waals surface area contributed by atoms with Crippen molar-refractivity contribution in [1.82, 2.24) is 4.98 Å². The van der Waals surface area contributed by atoms with E-state index in [2.05, 4.69) is 21.8 Å². The molecule has 0 fully saturated rings. The highest BCUT2D eigenvalue weighted by atomic mass is 32.1. The van der Waals surface area contributed by atoms with E-state index in [1.54, 1.807) is 11.3 Å². The summed E-state index contributed by atoms with van der Waals surface area (Å²) < 4.78 is 0. The number of nitrogens with two attached hydrogens (primary N) is 1. The Morgan fingerprint density at radius 1 is 1.31 bits per heavy atom.